The molecule has 6 nitrogen and oxygen atoms in total. The Morgan fingerprint density at radius 2 is 1.96 bits per heavy atom. The summed E-state index contributed by atoms with van der Waals surface area (Å²) in [5, 5.41) is 6.37. The number of para-hydroxylation sites is 1. The maximum Gasteiger partial charge on any atom is 0.191 e. The SMILES string of the molecule is CN=C(NCC(C)Oc1ccccc1Br)NC(C)CCS(C)(=O)=O.I. The Hall–Kier alpha value is -0.550. The Morgan fingerprint density at radius 3 is 2.52 bits per heavy atom. The summed E-state index contributed by atoms with van der Waals surface area (Å²) in [5.74, 6) is 1.56. The van der Waals surface area contributed by atoms with E-state index < -0.39 is 9.84 Å². The van der Waals surface area contributed by atoms with E-state index in [1.165, 1.54) is 6.26 Å². The third-order valence-corrected chi connectivity index (χ3v) is 4.88. The molecule has 0 aliphatic carbocycles. The molecule has 1 aromatic rings. The molecule has 0 aliphatic heterocycles. The second kappa shape index (κ2) is 11.9. The molecule has 0 aliphatic rings. The minimum atomic E-state index is -2.95. The maximum atomic E-state index is 11.2. The number of rotatable bonds is 8. The zero-order valence-electron chi connectivity index (χ0n) is 15.0. The van der Waals surface area contributed by atoms with E-state index in [-0.39, 0.29) is 41.9 Å². The predicted molar refractivity (Wildman–Crippen MR) is 118 cm³/mol. The molecule has 0 spiro atoms. The minimum absolute atomic E-state index is 0. The number of nitrogens with one attached hydrogen (secondary N) is 2. The van der Waals surface area contributed by atoms with Crippen LogP contribution in [0, 0.1) is 0 Å². The fourth-order valence-electron chi connectivity index (χ4n) is 1.93. The first-order valence-electron chi connectivity index (χ1n) is 7.77. The van der Waals surface area contributed by atoms with Crippen LogP contribution in [-0.2, 0) is 9.84 Å². The molecule has 0 radical (unpaired) electrons. The molecule has 2 N–H and O–H groups in total. The Morgan fingerprint density at radius 1 is 1.32 bits per heavy atom. The molecule has 0 heterocycles. The second-order valence-electron chi connectivity index (χ2n) is 5.78. The first-order chi connectivity index (χ1) is 11.2. The normalized spacial score (nSPS) is 14.2. The zero-order chi connectivity index (χ0) is 18.2. The number of hydrogen-bond acceptors (Lipinski definition) is 4. The van der Waals surface area contributed by atoms with Crippen LogP contribution >= 0.6 is 39.9 Å². The summed E-state index contributed by atoms with van der Waals surface area (Å²) in [6, 6.07) is 7.69. The van der Waals surface area contributed by atoms with Gasteiger partial charge in [-0.25, -0.2) is 8.42 Å². The van der Waals surface area contributed by atoms with Crippen LogP contribution in [0.15, 0.2) is 33.7 Å². The van der Waals surface area contributed by atoms with Crippen molar-refractivity contribution in [2.75, 3.05) is 25.6 Å². The van der Waals surface area contributed by atoms with E-state index in [1.54, 1.807) is 7.05 Å². The second-order valence-corrected chi connectivity index (χ2v) is 8.89. The van der Waals surface area contributed by atoms with Crippen molar-refractivity contribution < 1.29 is 13.2 Å². The van der Waals surface area contributed by atoms with Crippen LogP contribution < -0.4 is 15.4 Å². The van der Waals surface area contributed by atoms with E-state index in [4.69, 9.17) is 4.74 Å². The number of nitrogens with zero attached hydrogens (tertiary/aromatic N) is 1. The topological polar surface area (TPSA) is 79.8 Å². The molecular weight excluding hydrogens is 521 g/mol. The molecule has 0 saturated heterocycles. The highest BCUT2D eigenvalue weighted by molar-refractivity contribution is 14.0. The first-order valence-corrected chi connectivity index (χ1v) is 10.6. The third-order valence-electron chi connectivity index (χ3n) is 3.25. The highest BCUT2D eigenvalue weighted by Crippen LogP contribution is 2.24. The van der Waals surface area contributed by atoms with Crippen molar-refractivity contribution in [1.29, 1.82) is 0 Å². The van der Waals surface area contributed by atoms with Gasteiger partial charge in [-0.05, 0) is 48.3 Å². The summed E-state index contributed by atoms with van der Waals surface area (Å²) in [5.41, 5.74) is 0. The van der Waals surface area contributed by atoms with Gasteiger partial charge < -0.3 is 15.4 Å². The zero-order valence-corrected chi connectivity index (χ0v) is 19.7. The van der Waals surface area contributed by atoms with Crippen LogP contribution in [0.25, 0.3) is 0 Å². The van der Waals surface area contributed by atoms with Gasteiger partial charge >= 0.3 is 0 Å². The summed E-state index contributed by atoms with van der Waals surface area (Å²) in [6.07, 6.45) is 1.71. The van der Waals surface area contributed by atoms with Gasteiger partial charge in [0.1, 0.15) is 21.7 Å². The molecule has 0 amide bonds. The first kappa shape index (κ1) is 24.5. The van der Waals surface area contributed by atoms with Crippen LogP contribution in [0.4, 0.5) is 0 Å². The summed E-state index contributed by atoms with van der Waals surface area (Å²) in [6.45, 7) is 4.46. The largest absolute Gasteiger partial charge is 0.488 e. The van der Waals surface area contributed by atoms with Crippen molar-refractivity contribution in [3.8, 4) is 5.75 Å². The molecule has 25 heavy (non-hydrogen) atoms. The Balaban J connectivity index is 0.00000576. The number of benzene rings is 1. The van der Waals surface area contributed by atoms with Gasteiger partial charge in [-0.2, -0.15) is 0 Å². The smallest absolute Gasteiger partial charge is 0.191 e. The van der Waals surface area contributed by atoms with Crippen molar-refractivity contribution in [3.05, 3.63) is 28.7 Å². The number of guanidine groups is 1. The lowest BCUT2D eigenvalue weighted by Gasteiger charge is -2.20. The van der Waals surface area contributed by atoms with Crippen molar-refractivity contribution in [1.82, 2.24) is 10.6 Å². The van der Waals surface area contributed by atoms with E-state index in [0.717, 1.165) is 10.2 Å². The van der Waals surface area contributed by atoms with Crippen molar-refractivity contribution in [2.45, 2.75) is 32.4 Å². The highest BCUT2D eigenvalue weighted by atomic mass is 127. The van der Waals surface area contributed by atoms with E-state index in [9.17, 15) is 8.42 Å². The van der Waals surface area contributed by atoms with Crippen LogP contribution in [0.3, 0.4) is 0 Å². The molecule has 144 valence electrons. The molecular formula is C16H27BrIN3O3S. The fraction of sp³-hybridized carbons (Fsp3) is 0.562. The van der Waals surface area contributed by atoms with Crippen molar-refractivity contribution in [2.24, 2.45) is 4.99 Å². The molecule has 2 unspecified atom stereocenters. The van der Waals surface area contributed by atoms with E-state index in [0.29, 0.717) is 18.9 Å². The minimum Gasteiger partial charge on any atom is -0.488 e. The summed E-state index contributed by atoms with van der Waals surface area (Å²) < 4.78 is 29.2. The maximum absolute atomic E-state index is 11.2. The average Bonchev–Trinajstić information content (AvgIpc) is 2.51. The van der Waals surface area contributed by atoms with Gasteiger partial charge in [0.05, 0.1) is 16.8 Å². The Bertz CT molecular complexity index is 656. The van der Waals surface area contributed by atoms with Crippen LogP contribution in [0.1, 0.15) is 20.3 Å². The molecule has 0 saturated carbocycles. The van der Waals surface area contributed by atoms with Gasteiger partial charge in [-0.1, -0.05) is 12.1 Å². The number of sulfone groups is 1. The van der Waals surface area contributed by atoms with Crippen molar-refractivity contribution >= 4 is 55.7 Å². The van der Waals surface area contributed by atoms with Gasteiger partial charge in [-0.3, -0.25) is 4.99 Å². The molecule has 0 bridgehead atoms. The van der Waals surface area contributed by atoms with Gasteiger partial charge in [0.2, 0.25) is 0 Å². The van der Waals surface area contributed by atoms with Crippen LogP contribution in [-0.4, -0.2) is 52.1 Å². The molecule has 2 atom stereocenters. The lowest BCUT2D eigenvalue weighted by molar-refractivity contribution is 0.222. The lowest BCUT2D eigenvalue weighted by atomic mass is 10.3. The van der Waals surface area contributed by atoms with E-state index in [1.807, 2.05) is 38.1 Å². The Labute approximate surface area is 176 Å². The molecule has 1 aromatic carbocycles. The fourth-order valence-corrected chi connectivity index (χ4v) is 3.09. The highest BCUT2D eigenvalue weighted by Gasteiger charge is 2.11. The van der Waals surface area contributed by atoms with E-state index in [2.05, 4.69) is 31.6 Å². The number of aliphatic imine (C=N–C) groups is 1. The van der Waals surface area contributed by atoms with Gasteiger partial charge in [-0.15, -0.1) is 24.0 Å². The standard InChI is InChI=1S/C16H26BrN3O3S.HI/c1-12(9-10-24(4,21)22)20-16(18-3)19-11-13(2)23-15-8-6-5-7-14(15)17;/h5-8,12-13H,9-11H2,1-4H3,(H2,18,19,20);1H. The summed E-state index contributed by atoms with van der Waals surface area (Å²) in [4.78, 5) is 4.15. The molecule has 0 fully saturated rings. The quantitative estimate of drug-likeness (QED) is 0.297. The average molecular weight is 548 g/mol. The van der Waals surface area contributed by atoms with Crippen molar-refractivity contribution in [3.63, 3.8) is 0 Å². The number of hydrogen-bond donors (Lipinski definition) is 2. The van der Waals surface area contributed by atoms with Gasteiger partial charge in [0.15, 0.2) is 5.96 Å². The Kier molecular flexibility index (Phi) is 11.7. The molecule has 1 rings (SSSR count). The van der Waals surface area contributed by atoms with E-state index >= 15 is 0 Å². The molecule has 0 aromatic heterocycles. The molecule has 9 heteroatoms. The monoisotopic (exact) mass is 547 g/mol. The van der Waals surface area contributed by atoms with Gasteiger partial charge in [0.25, 0.3) is 0 Å². The summed E-state index contributed by atoms with van der Waals surface area (Å²) in [7, 11) is -1.27. The number of halogens is 2. The van der Waals surface area contributed by atoms with Crippen LogP contribution in [0.2, 0.25) is 0 Å². The lowest BCUT2D eigenvalue weighted by Crippen LogP contribution is -2.45. The van der Waals surface area contributed by atoms with Crippen LogP contribution in [0.5, 0.6) is 5.75 Å². The summed E-state index contributed by atoms with van der Waals surface area (Å²) >= 11 is 3.45. The number of ether oxygens (including phenoxy) is 1. The predicted octanol–water partition coefficient (Wildman–Crippen LogP) is 2.82. The third kappa shape index (κ3) is 10.9. The van der Waals surface area contributed by atoms with Gasteiger partial charge in [0, 0.05) is 19.3 Å².